The van der Waals surface area contributed by atoms with E-state index < -0.39 is 0 Å². The number of furan rings is 1. The van der Waals surface area contributed by atoms with Crippen LogP contribution < -0.4 is 10.1 Å². The molecule has 1 N–H and O–H groups in total. The van der Waals surface area contributed by atoms with Gasteiger partial charge in [-0.3, -0.25) is 9.59 Å². The molecule has 2 aliphatic rings. The smallest absolute Gasteiger partial charge is 0.287 e. The van der Waals surface area contributed by atoms with Gasteiger partial charge in [0.25, 0.3) is 5.91 Å². The zero-order chi connectivity index (χ0) is 23.5. The van der Waals surface area contributed by atoms with Gasteiger partial charge in [-0.25, -0.2) is 0 Å². The molecule has 2 heterocycles. The van der Waals surface area contributed by atoms with Crippen molar-refractivity contribution in [2.24, 2.45) is 5.92 Å². The number of benzene rings is 2. The van der Waals surface area contributed by atoms with Crippen molar-refractivity contribution < 1.29 is 18.7 Å². The van der Waals surface area contributed by atoms with Gasteiger partial charge in [-0.15, -0.1) is 0 Å². The number of carbonyl (C=O) groups is 2. The second kappa shape index (κ2) is 9.92. The molecule has 2 aromatic carbocycles. The second-order valence-corrected chi connectivity index (χ2v) is 9.44. The van der Waals surface area contributed by atoms with Crippen molar-refractivity contribution in [2.45, 2.75) is 51.0 Å². The summed E-state index contributed by atoms with van der Waals surface area (Å²) in [5.41, 5.74) is 2.35. The Hall–Kier alpha value is -3.28. The Labute approximate surface area is 200 Å². The van der Waals surface area contributed by atoms with E-state index in [-0.39, 0.29) is 17.9 Å². The van der Waals surface area contributed by atoms with Crippen LogP contribution in [0.4, 0.5) is 0 Å². The van der Waals surface area contributed by atoms with Crippen molar-refractivity contribution in [2.75, 3.05) is 20.2 Å². The van der Waals surface area contributed by atoms with Crippen LogP contribution in [0.2, 0.25) is 0 Å². The maximum atomic E-state index is 13.4. The lowest BCUT2D eigenvalue weighted by molar-refractivity contribution is -0.137. The van der Waals surface area contributed by atoms with E-state index in [9.17, 15) is 9.59 Å². The van der Waals surface area contributed by atoms with Gasteiger partial charge in [0.05, 0.1) is 7.11 Å². The molecule has 6 nitrogen and oxygen atoms in total. The first-order valence-electron chi connectivity index (χ1n) is 12.4. The largest absolute Gasteiger partial charge is 0.497 e. The van der Waals surface area contributed by atoms with E-state index in [2.05, 4.69) is 5.32 Å². The third-order valence-corrected chi connectivity index (χ3v) is 7.26. The molecule has 5 rings (SSSR count). The predicted octanol–water partition coefficient (Wildman–Crippen LogP) is 5.41. The number of nitrogens with zero attached hydrogens (tertiary/aromatic N) is 1. The molecule has 1 aliphatic heterocycles. The van der Waals surface area contributed by atoms with E-state index in [1.165, 1.54) is 6.42 Å². The number of nitrogens with one attached hydrogen (secondary N) is 1. The first kappa shape index (κ1) is 22.5. The van der Waals surface area contributed by atoms with Gasteiger partial charge in [-0.2, -0.15) is 0 Å². The van der Waals surface area contributed by atoms with Gasteiger partial charge >= 0.3 is 0 Å². The molecule has 0 radical (unpaired) electrons. The molecule has 178 valence electrons. The van der Waals surface area contributed by atoms with Gasteiger partial charge in [-0.1, -0.05) is 49.6 Å². The Bertz CT molecular complexity index is 1160. The molecule has 1 aromatic heterocycles. The van der Waals surface area contributed by atoms with Crippen LogP contribution in [0.25, 0.3) is 22.1 Å². The molecule has 2 amide bonds. The Morgan fingerprint density at radius 3 is 2.41 bits per heavy atom. The highest BCUT2D eigenvalue weighted by Gasteiger charge is 2.31. The standard InChI is InChI=1S/C28H32N2O4/c1-33-22-12-13-23-24(18-22)34-26(25(23)19-8-4-2-5-9-19)27(31)29-21-14-16-30(17-15-21)28(32)20-10-6-3-7-11-20/h2,4-5,8-9,12-13,18,20-21H,3,6-7,10-11,14-17H2,1H3,(H,29,31). The number of piperidine rings is 1. The van der Waals surface area contributed by atoms with E-state index in [1.807, 2.05) is 53.4 Å². The first-order valence-corrected chi connectivity index (χ1v) is 12.4. The van der Waals surface area contributed by atoms with Crippen molar-refractivity contribution in [3.8, 4) is 16.9 Å². The van der Waals surface area contributed by atoms with Crippen LogP contribution in [0.15, 0.2) is 52.9 Å². The van der Waals surface area contributed by atoms with Crippen LogP contribution in [-0.4, -0.2) is 43.0 Å². The Morgan fingerprint density at radius 1 is 0.971 bits per heavy atom. The molecule has 0 spiro atoms. The maximum absolute atomic E-state index is 13.4. The van der Waals surface area contributed by atoms with Gasteiger partial charge in [0.15, 0.2) is 0 Å². The van der Waals surface area contributed by atoms with Crippen molar-refractivity contribution in [3.05, 3.63) is 54.3 Å². The first-order chi connectivity index (χ1) is 16.6. The summed E-state index contributed by atoms with van der Waals surface area (Å²) in [6, 6.07) is 15.5. The van der Waals surface area contributed by atoms with E-state index in [0.717, 1.165) is 55.0 Å². The molecule has 6 heteroatoms. The molecule has 0 bridgehead atoms. The Kier molecular flexibility index (Phi) is 6.57. The molecule has 0 atom stereocenters. The number of hydrogen-bond donors (Lipinski definition) is 1. The number of amides is 2. The average Bonchev–Trinajstić information content (AvgIpc) is 3.28. The molecule has 1 saturated carbocycles. The topological polar surface area (TPSA) is 71.8 Å². The number of hydrogen-bond acceptors (Lipinski definition) is 4. The van der Waals surface area contributed by atoms with Crippen LogP contribution in [0.5, 0.6) is 5.75 Å². The van der Waals surface area contributed by atoms with Gasteiger partial charge in [0.1, 0.15) is 11.3 Å². The summed E-state index contributed by atoms with van der Waals surface area (Å²) in [6.07, 6.45) is 7.14. The van der Waals surface area contributed by atoms with E-state index in [0.29, 0.717) is 36.1 Å². The number of ether oxygens (including phenoxy) is 1. The number of fused-ring (bicyclic) bond motifs is 1. The number of carbonyl (C=O) groups excluding carboxylic acids is 2. The van der Waals surface area contributed by atoms with Crippen molar-refractivity contribution in [1.29, 1.82) is 0 Å². The molecule has 3 aromatic rings. The van der Waals surface area contributed by atoms with Gasteiger partial charge in [0.2, 0.25) is 11.7 Å². The molecule has 2 fully saturated rings. The van der Waals surface area contributed by atoms with Crippen molar-refractivity contribution in [1.82, 2.24) is 10.2 Å². The lowest BCUT2D eigenvalue weighted by Gasteiger charge is -2.35. The summed E-state index contributed by atoms with van der Waals surface area (Å²) in [5, 5.41) is 4.05. The summed E-state index contributed by atoms with van der Waals surface area (Å²) >= 11 is 0. The van der Waals surface area contributed by atoms with Gasteiger partial charge < -0.3 is 19.4 Å². The SMILES string of the molecule is COc1ccc2c(-c3ccccc3)c(C(=O)NC3CCN(C(=O)C4CCCCC4)CC3)oc2c1. The lowest BCUT2D eigenvalue weighted by Crippen LogP contribution is -2.48. The molecule has 34 heavy (non-hydrogen) atoms. The minimum Gasteiger partial charge on any atom is -0.497 e. The summed E-state index contributed by atoms with van der Waals surface area (Å²) in [5.74, 6) is 1.28. The molecule has 0 unspecified atom stereocenters. The average molecular weight is 461 g/mol. The van der Waals surface area contributed by atoms with E-state index in [1.54, 1.807) is 7.11 Å². The summed E-state index contributed by atoms with van der Waals surface area (Å²) in [6.45, 7) is 1.40. The fraction of sp³-hybridized carbons (Fsp3) is 0.429. The van der Waals surface area contributed by atoms with Crippen molar-refractivity contribution >= 4 is 22.8 Å². The summed E-state index contributed by atoms with van der Waals surface area (Å²) in [4.78, 5) is 28.2. The zero-order valence-electron chi connectivity index (χ0n) is 19.7. The maximum Gasteiger partial charge on any atom is 0.287 e. The second-order valence-electron chi connectivity index (χ2n) is 9.44. The van der Waals surface area contributed by atoms with Gasteiger partial charge in [0, 0.05) is 42.1 Å². The zero-order valence-corrected chi connectivity index (χ0v) is 19.7. The fourth-order valence-corrected chi connectivity index (χ4v) is 5.36. The van der Waals surface area contributed by atoms with Crippen LogP contribution in [0, 0.1) is 5.92 Å². The minimum atomic E-state index is -0.217. The molecule has 1 saturated heterocycles. The third kappa shape index (κ3) is 4.54. The lowest BCUT2D eigenvalue weighted by atomic mass is 9.87. The highest BCUT2D eigenvalue weighted by atomic mass is 16.5. The Morgan fingerprint density at radius 2 is 1.71 bits per heavy atom. The normalized spacial score (nSPS) is 17.6. The quantitative estimate of drug-likeness (QED) is 0.553. The number of likely N-dealkylation sites (tertiary alicyclic amines) is 1. The highest BCUT2D eigenvalue weighted by molar-refractivity contribution is 6.08. The van der Waals surface area contributed by atoms with Crippen LogP contribution in [0.3, 0.4) is 0 Å². The minimum absolute atomic E-state index is 0.0225. The van der Waals surface area contributed by atoms with Crippen LogP contribution in [-0.2, 0) is 4.79 Å². The fourth-order valence-electron chi connectivity index (χ4n) is 5.36. The highest BCUT2D eigenvalue weighted by Crippen LogP contribution is 2.36. The summed E-state index contributed by atoms with van der Waals surface area (Å²) in [7, 11) is 1.61. The predicted molar refractivity (Wildman–Crippen MR) is 132 cm³/mol. The van der Waals surface area contributed by atoms with Crippen LogP contribution >= 0.6 is 0 Å². The third-order valence-electron chi connectivity index (χ3n) is 7.26. The van der Waals surface area contributed by atoms with E-state index in [4.69, 9.17) is 9.15 Å². The number of methoxy groups -OCH3 is 1. The van der Waals surface area contributed by atoms with Crippen molar-refractivity contribution in [3.63, 3.8) is 0 Å². The molecular formula is C28H32N2O4. The summed E-state index contributed by atoms with van der Waals surface area (Å²) < 4.78 is 11.4. The monoisotopic (exact) mass is 460 g/mol. The van der Waals surface area contributed by atoms with E-state index >= 15 is 0 Å². The Balaban J connectivity index is 1.31. The number of rotatable bonds is 5. The van der Waals surface area contributed by atoms with Gasteiger partial charge in [-0.05, 0) is 43.4 Å². The molecular weight excluding hydrogens is 428 g/mol. The van der Waals surface area contributed by atoms with Crippen LogP contribution in [0.1, 0.15) is 55.5 Å². The molecule has 1 aliphatic carbocycles.